The largest absolute Gasteiger partial charge is 0.296 e. The molecule has 1 aromatic carbocycles. The van der Waals surface area contributed by atoms with Gasteiger partial charge in [0.15, 0.2) is 3.95 Å². The van der Waals surface area contributed by atoms with E-state index in [4.69, 9.17) is 12.2 Å². The van der Waals surface area contributed by atoms with Gasteiger partial charge in [0, 0.05) is 20.0 Å². The van der Waals surface area contributed by atoms with Crippen molar-refractivity contribution in [3.05, 3.63) is 42.2 Å². The topological polar surface area (TPSA) is 4.93 Å². The van der Waals surface area contributed by atoms with E-state index in [0.717, 1.165) is 25.0 Å². The lowest BCUT2D eigenvalue weighted by atomic mass is 10.2. The van der Waals surface area contributed by atoms with Crippen LogP contribution in [0, 0.1) is 3.95 Å². The molecule has 2 rings (SSSR count). The highest BCUT2D eigenvalue weighted by Crippen LogP contribution is 2.31. The van der Waals surface area contributed by atoms with E-state index in [2.05, 4.69) is 49.5 Å². The second-order valence-corrected chi connectivity index (χ2v) is 7.48. The van der Waals surface area contributed by atoms with E-state index in [-0.39, 0.29) is 0 Å². The quantitative estimate of drug-likeness (QED) is 0.552. The minimum atomic E-state index is 0.897. The lowest BCUT2D eigenvalue weighted by Gasteiger charge is -2.07. The molecule has 1 nitrogen and oxygen atoms in total. The lowest BCUT2D eigenvalue weighted by molar-refractivity contribution is 0.800. The molecule has 0 aliphatic rings. The molecule has 0 saturated carbocycles. The average Bonchev–Trinajstić information content (AvgIpc) is 2.68. The van der Waals surface area contributed by atoms with E-state index < -0.39 is 0 Å². The molecule has 0 N–H and O–H groups in total. The summed E-state index contributed by atoms with van der Waals surface area (Å²) in [5, 5.41) is 0. The average molecular weight is 407 g/mol. The Morgan fingerprint density at radius 3 is 2.56 bits per heavy atom. The molecule has 2 aromatic rings. The number of benzene rings is 1. The predicted octanol–water partition coefficient (Wildman–Crippen LogP) is 6.14. The molecule has 0 atom stereocenters. The molecule has 1 heterocycles. The monoisotopic (exact) mass is 405 g/mol. The predicted molar refractivity (Wildman–Crippen MR) is 88.5 cm³/mol. The molecule has 0 spiro atoms. The summed E-state index contributed by atoms with van der Waals surface area (Å²) >= 11 is 14.3. The summed E-state index contributed by atoms with van der Waals surface area (Å²) < 4.78 is 5.08. The Labute approximate surface area is 133 Å². The molecule has 0 bridgehead atoms. The van der Waals surface area contributed by atoms with Gasteiger partial charge in [0.05, 0.1) is 5.69 Å². The van der Waals surface area contributed by atoms with Crippen LogP contribution in [0.15, 0.2) is 33.3 Å². The standard InChI is InChI=1S/C13H13Br2NS2/c1-2-3-5-9-8-16(13(17)18-9)12-10(14)6-4-7-11(12)15/h4,6-8H,2-3,5H2,1H3. The van der Waals surface area contributed by atoms with Crippen molar-refractivity contribution in [2.24, 2.45) is 0 Å². The van der Waals surface area contributed by atoms with Crippen LogP contribution in [-0.4, -0.2) is 4.57 Å². The molecule has 0 saturated heterocycles. The third kappa shape index (κ3) is 3.13. The fourth-order valence-corrected chi connectivity index (χ4v) is 4.44. The molecule has 0 fully saturated rings. The van der Waals surface area contributed by atoms with Crippen molar-refractivity contribution in [1.82, 2.24) is 4.57 Å². The van der Waals surface area contributed by atoms with Crippen molar-refractivity contribution in [3.8, 4) is 5.69 Å². The van der Waals surface area contributed by atoms with E-state index >= 15 is 0 Å². The number of halogens is 2. The molecule has 1 aromatic heterocycles. The number of thiazole rings is 1. The number of para-hydroxylation sites is 1. The second-order valence-electron chi connectivity index (χ2n) is 4.01. The van der Waals surface area contributed by atoms with Crippen molar-refractivity contribution in [1.29, 1.82) is 0 Å². The summed E-state index contributed by atoms with van der Waals surface area (Å²) in [6, 6.07) is 6.07. The molecule has 18 heavy (non-hydrogen) atoms. The van der Waals surface area contributed by atoms with Gasteiger partial charge in [0.25, 0.3) is 0 Å². The molecule has 5 heteroatoms. The van der Waals surface area contributed by atoms with E-state index in [1.807, 2.05) is 18.2 Å². The van der Waals surface area contributed by atoms with Gasteiger partial charge >= 0.3 is 0 Å². The van der Waals surface area contributed by atoms with E-state index in [1.165, 1.54) is 17.7 Å². The summed E-state index contributed by atoms with van der Waals surface area (Å²) in [6.07, 6.45) is 5.70. The van der Waals surface area contributed by atoms with Gasteiger partial charge in [0.1, 0.15) is 0 Å². The Bertz CT molecular complexity index is 581. The molecular weight excluding hydrogens is 394 g/mol. The maximum Gasteiger partial charge on any atom is 0.165 e. The van der Waals surface area contributed by atoms with Crippen LogP contribution in [0.2, 0.25) is 0 Å². The summed E-state index contributed by atoms with van der Waals surface area (Å²) in [7, 11) is 0. The minimum Gasteiger partial charge on any atom is -0.296 e. The summed E-state index contributed by atoms with van der Waals surface area (Å²) in [5.74, 6) is 0. The first-order valence-corrected chi connectivity index (χ1v) is 8.60. The zero-order valence-corrected chi connectivity index (χ0v) is 14.8. The summed E-state index contributed by atoms with van der Waals surface area (Å²) in [6.45, 7) is 2.21. The van der Waals surface area contributed by atoms with Crippen LogP contribution in [0.5, 0.6) is 0 Å². The van der Waals surface area contributed by atoms with Crippen LogP contribution in [0.25, 0.3) is 5.69 Å². The number of nitrogens with zero attached hydrogens (tertiary/aromatic N) is 1. The Hall–Kier alpha value is 0.0300. The SMILES string of the molecule is CCCCc1cn(-c2c(Br)cccc2Br)c(=S)s1. The first kappa shape index (κ1) is 14.4. The second kappa shape index (κ2) is 6.46. The van der Waals surface area contributed by atoms with Crippen LogP contribution in [0.4, 0.5) is 0 Å². The number of rotatable bonds is 4. The number of hydrogen-bond acceptors (Lipinski definition) is 2. The zero-order valence-electron chi connectivity index (χ0n) is 9.95. The van der Waals surface area contributed by atoms with Crippen LogP contribution >= 0.6 is 55.4 Å². The summed E-state index contributed by atoms with van der Waals surface area (Å²) in [4.78, 5) is 1.35. The first-order valence-electron chi connectivity index (χ1n) is 5.79. The van der Waals surface area contributed by atoms with Crippen LogP contribution in [0.1, 0.15) is 24.6 Å². The Morgan fingerprint density at radius 1 is 1.28 bits per heavy atom. The molecule has 0 aliphatic carbocycles. The highest BCUT2D eigenvalue weighted by molar-refractivity contribution is 9.11. The third-order valence-corrected chi connectivity index (χ3v) is 5.31. The van der Waals surface area contributed by atoms with E-state index in [0.29, 0.717) is 0 Å². The van der Waals surface area contributed by atoms with Crippen molar-refractivity contribution in [2.75, 3.05) is 0 Å². The smallest absolute Gasteiger partial charge is 0.165 e. The maximum absolute atomic E-state index is 5.46. The normalized spacial score (nSPS) is 10.8. The van der Waals surface area contributed by atoms with Crippen molar-refractivity contribution in [2.45, 2.75) is 26.2 Å². The van der Waals surface area contributed by atoms with Crippen LogP contribution < -0.4 is 0 Å². The molecule has 0 amide bonds. The molecular formula is C13H13Br2NS2. The fraction of sp³-hybridized carbons (Fsp3) is 0.308. The van der Waals surface area contributed by atoms with Gasteiger partial charge in [-0.3, -0.25) is 4.57 Å². The number of aromatic nitrogens is 1. The molecule has 0 unspecified atom stereocenters. The third-order valence-electron chi connectivity index (χ3n) is 2.64. The van der Waals surface area contributed by atoms with Gasteiger partial charge < -0.3 is 0 Å². The van der Waals surface area contributed by atoms with Crippen molar-refractivity contribution < 1.29 is 0 Å². The first-order chi connectivity index (χ1) is 8.63. The molecule has 96 valence electrons. The van der Waals surface area contributed by atoms with Gasteiger partial charge in [-0.15, -0.1) is 11.3 Å². The number of hydrogen-bond donors (Lipinski definition) is 0. The van der Waals surface area contributed by atoms with E-state index in [1.54, 1.807) is 11.3 Å². The molecule has 0 radical (unpaired) electrons. The Balaban J connectivity index is 2.45. The van der Waals surface area contributed by atoms with Crippen LogP contribution in [-0.2, 0) is 6.42 Å². The lowest BCUT2D eigenvalue weighted by Crippen LogP contribution is -1.94. The van der Waals surface area contributed by atoms with E-state index in [9.17, 15) is 0 Å². The van der Waals surface area contributed by atoms with Gasteiger partial charge in [-0.2, -0.15) is 0 Å². The highest BCUT2D eigenvalue weighted by Gasteiger charge is 2.10. The Kier molecular flexibility index (Phi) is 5.18. The Morgan fingerprint density at radius 2 is 1.94 bits per heavy atom. The van der Waals surface area contributed by atoms with Gasteiger partial charge in [0.2, 0.25) is 0 Å². The fourth-order valence-electron chi connectivity index (χ4n) is 1.73. The van der Waals surface area contributed by atoms with Gasteiger partial charge in [-0.1, -0.05) is 19.4 Å². The van der Waals surface area contributed by atoms with Crippen molar-refractivity contribution >= 4 is 55.4 Å². The van der Waals surface area contributed by atoms with Gasteiger partial charge in [-0.05, 0) is 69.1 Å². The highest BCUT2D eigenvalue weighted by atomic mass is 79.9. The maximum atomic E-state index is 5.46. The molecule has 0 aliphatic heterocycles. The zero-order chi connectivity index (χ0) is 13.1. The van der Waals surface area contributed by atoms with Crippen molar-refractivity contribution in [3.63, 3.8) is 0 Å². The van der Waals surface area contributed by atoms with Gasteiger partial charge in [-0.25, -0.2) is 0 Å². The number of unbranched alkanes of at least 4 members (excludes halogenated alkanes) is 1. The summed E-state index contributed by atoms with van der Waals surface area (Å²) in [5.41, 5.74) is 1.08. The minimum absolute atomic E-state index is 0.897. The number of aryl methyl sites for hydroxylation is 1. The van der Waals surface area contributed by atoms with Crippen LogP contribution in [0.3, 0.4) is 0 Å².